The first-order valence-electron chi connectivity index (χ1n) is 10.7. The van der Waals surface area contributed by atoms with Crippen LogP contribution in [-0.4, -0.2) is 22.9 Å². The van der Waals surface area contributed by atoms with E-state index in [-0.39, 0.29) is 11.5 Å². The number of benzene rings is 2. The number of anilines is 1. The first kappa shape index (κ1) is 24.7. The molecular weight excluding hydrogens is 439 g/mol. The summed E-state index contributed by atoms with van der Waals surface area (Å²) in [4.78, 5) is 0. The lowest BCUT2D eigenvalue weighted by Gasteiger charge is -2.17. The molecule has 1 heterocycles. The summed E-state index contributed by atoms with van der Waals surface area (Å²) < 4.78 is 42.2. The van der Waals surface area contributed by atoms with Gasteiger partial charge in [0.2, 0.25) is 0 Å². The first-order chi connectivity index (χ1) is 16.2. The molecule has 3 rings (SSSR count). The van der Waals surface area contributed by atoms with Gasteiger partial charge in [0.25, 0.3) is 0 Å². The SMILES string of the molecule is C=C(NCCN/C(=C/C(=C)c1ccccc1C)n1ncc(C)c1C)Nc1ccc(F)c(F)c1F. The van der Waals surface area contributed by atoms with E-state index in [1.807, 2.05) is 55.8 Å². The van der Waals surface area contributed by atoms with Crippen LogP contribution in [0.25, 0.3) is 11.4 Å². The van der Waals surface area contributed by atoms with Gasteiger partial charge in [0.1, 0.15) is 5.82 Å². The molecule has 0 fully saturated rings. The van der Waals surface area contributed by atoms with Crippen LogP contribution in [0.3, 0.4) is 0 Å². The number of rotatable bonds is 10. The van der Waals surface area contributed by atoms with Crippen LogP contribution in [-0.2, 0) is 0 Å². The summed E-state index contributed by atoms with van der Waals surface area (Å²) in [7, 11) is 0. The second kappa shape index (κ2) is 10.8. The second-order valence-electron chi connectivity index (χ2n) is 7.87. The zero-order chi connectivity index (χ0) is 24.8. The Morgan fingerprint density at radius 3 is 2.32 bits per heavy atom. The smallest absolute Gasteiger partial charge is 0.196 e. The minimum atomic E-state index is -1.53. The highest BCUT2D eigenvalue weighted by atomic mass is 19.2. The number of allylic oxidation sites excluding steroid dienone is 2. The Balaban J connectivity index is 1.66. The Morgan fingerprint density at radius 1 is 0.941 bits per heavy atom. The third-order valence-electron chi connectivity index (χ3n) is 5.38. The van der Waals surface area contributed by atoms with Gasteiger partial charge in [-0.3, -0.25) is 0 Å². The van der Waals surface area contributed by atoms with Crippen LogP contribution in [0.5, 0.6) is 0 Å². The third-order valence-corrected chi connectivity index (χ3v) is 5.38. The zero-order valence-electron chi connectivity index (χ0n) is 19.5. The van der Waals surface area contributed by atoms with Crippen molar-refractivity contribution in [1.29, 1.82) is 0 Å². The van der Waals surface area contributed by atoms with Gasteiger partial charge >= 0.3 is 0 Å². The van der Waals surface area contributed by atoms with Gasteiger partial charge in [-0.15, -0.1) is 0 Å². The maximum Gasteiger partial charge on any atom is 0.196 e. The molecule has 3 aromatic rings. The quantitative estimate of drug-likeness (QED) is 0.209. The monoisotopic (exact) mass is 467 g/mol. The van der Waals surface area contributed by atoms with Crippen molar-refractivity contribution >= 4 is 17.1 Å². The normalized spacial score (nSPS) is 11.3. The van der Waals surface area contributed by atoms with Crippen LogP contribution in [0.4, 0.5) is 18.9 Å². The summed E-state index contributed by atoms with van der Waals surface area (Å²) >= 11 is 0. The molecular formula is C26H28F3N5. The Morgan fingerprint density at radius 2 is 1.65 bits per heavy atom. The fourth-order valence-electron chi connectivity index (χ4n) is 3.33. The van der Waals surface area contributed by atoms with Crippen LogP contribution in [0.2, 0.25) is 0 Å². The van der Waals surface area contributed by atoms with Crippen molar-refractivity contribution in [3.05, 3.63) is 107 Å². The number of halogens is 3. The van der Waals surface area contributed by atoms with Crippen molar-refractivity contribution in [2.45, 2.75) is 20.8 Å². The van der Waals surface area contributed by atoms with E-state index in [1.165, 1.54) is 0 Å². The zero-order valence-corrected chi connectivity index (χ0v) is 19.5. The second-order valence-corrected chi connectivity index (χ2v) is 7.87. The van der Waals surface area contributed by atoms with Gasteiger partial charge in [-0.05, 0) is 61.2 Å². The van der Waals surface area contributed by atoms with Crippen LogP contribution in [0, 0.1) is 38.2 Å². The van der Waals surface area contributed by atoms with Gasteiger partial charge in [-0.25, -0.2) is 17.9 Å². The van der Waals surface area contributed by atoms with E-state index in [2.05, 4.69) is 34.2 Å². The molecule has 0 amide bonds. The lowest BCUT2D eigenvalue weighted by Crippen LogP contribution is -2.30. The van der Waals surface area contributed by atoms with Gasteiger partial charge in [0, 0.05) is 18.8 Å². The maximum absolute atomic E-state index is 13.9. The number of nitrogens with one attached hydrogen (secondary N) is 3. The molecule has 0 unspecified atom stereocenters. The van der Waals surface area contributed by atoms with Crippen molar-refractivity contribution in [1.82, 2.24) is 20.4 Å². The third kappa shape index (κ3) is 5.70. The van der Waals surface area contributed by atoms with E-state index in [4.69, 9.17) is 0 Å². The van der Waals surface area contributed by atoms with E-state index in [9.17, 15) is 13.2 Å². The summed E-state index contributed by atoms with van der Waals surface area (Å²) in [5.41, 5.74) is 4.82. The summed E-state index contributed by atoms with van der Waals surface area (Å²) in [5, 5.41) is 13.4. The van der Waals surface area contributed by atoms with Gasteiger partial charge < -0.3 is 16.0 Å². The molecule has 8 heteroatoms. The van der Waals surface area contributed by atoms with Gasteiger partial charge in [-0.1, -0.05) is 37.4 Å². The largest absolute Gasteiger partial charge is 0.370 e. The van der Waals surface area contributed by atoms with Crippen molar-refractivity contribution in [2.24, 2.45) is 0 Å². The summed E-state index contributed by atoms with van der Waals surface area (Å²) in [6.45, 7) is 14.8. The molecule has 34 heavy (non-hydrogen) atoms. The number of hydrogen-bond acceptors (Lipinski definition) is 4. The summed E-state index contributed by atoms with van der Waals surface area (Å²) in [6, 6.07) is 9.96. The average Bonchev–Trinajstić information content (AvgIpc) is 3.14. The predicted molar refractivity (Wildman–Crippen MR) is 131 cm³/mol. The van der Waals surface area contributed by atoms with E-state index in [1.54, 1.807) is 6.20 Å². The Hall–Kier alpha value is -3.94. The lowest BCUT2D eigenvalue weighted by atomic mass is 10.0. The molecule has 2 aromatic carbocycles. The number of nitrogens with zero attached hydrogens (tertiary/aromatic N) is 2. The molecule has 0 saturated heterocycles. The summed E-state index contributed by atoms with van der Waals surface area (Å²) in [6.07, 6.45) is 3.73. The molecule has 5 nitrogen and oxygen atoms in total. The fourth-order valence-corrected chi connectivity index (χ4v) is 3.33. The highest BCUT2D eigenvalue weighted by molar-refractivity contribution is 5.79. The predicted octanol–water partition coefficient (Wildman–Crippen LogP) is 5.50. The number of hydrogen-bond donors (Lipinski definition) is 3. The van der Waals surface area contributed by atoms with Gasteiger partial charge in [0.15, 0.2) is 17.5 Å². The van der Waals surface area contributed by atoms with Crippen molar-refractivity contribution in [2.75, 3.05) is 18.4 Å². The van der Waals surface area contributed by atoms with Gasteiger partial charge in [0.05, 0.1) is 17.7 Å². The maximum atomic E-state index is 13.9. The molecule has 0 saturated carbocycles. The average molecular weight is 468 g/mol. The molecule has 0 aliphatic heterocycles. The van der Waals surface area contributed by atoms with Crippen molar-refractivity contribution in [3.63, 3.8) is 0 Å². The Kier molecular flexibility index (Phi) is 7.83. The van der Waals surface area contributed by atoms with Gasteiger partial charge in [-0.2, -0.15) is 5.10 Å². The highest BCUT2D eigenvalue weighted by Crippen LogP contribution is 2.22. The number of aromatic nitrogens is 2. The molecule has 178 valence electrons. The standard InChI is InChI=1S/C26H28F3N5/c1-16-8-6-7-9-21(16)17(2)14-24(34-19(4)18(3)15-32-34)31-13-12-30-20(5)33-23-11-10-22(27)25(28)26(23)29/h6-11,14-15,30-31,33H,2,5,12-13H2,1,3-4H3/b24-14-. The van der Waals surface area contributed by atoms with E-state index in [0.29, 0.717) is 13.1 Å². The molecule has 0 spiro atoms. The molecule has 3 N–H and O–H groups in total. The number of aryl methyl sites for hydroxylation is 2. The molecule has 0 radical (unpaired) electrons. The van der Waals surface area contributed by atoms with Crippen molar-refractivity contribution < 1.29 is 13.2 Å². The summed E-state index contributed by atoms with van der Waals surface area (Å²) in [5.74, 6) is -3.10. The molecule has 0 atom stereocenters. The molecule has 0 aliphatic rings. The molecule has 0 aliphatic carbocycles. The fraction of sp³-hybridized carbons (Fsp3) is 0.192. The van der Waals surface area contributed by atoms with Crippen LogP contribution >= 0.6 is 0 Å². The van der Waals surface area contributed by atoms with E-state index < -0.39 is 17.5 Å². The van der Waals surface area contributed by atoms with E-state index in [0.717, 1.165) is 45.9 Å². The van der Waals surface area contributed by atoms with Crippen LogP contribution in [0.15, 0.2) is 67.6 Å². The lowest BCUT2D eigenvalue weighted by molar-refractivity contribution is 0.449. The topological polar surface area (TPSA) is 53.9 Å². The van der Waals surface area contributed by atoms with E-state index >= 15 is 0 Å². The van der Waals surface area contributed by atoms with Crippen LogP contribution < -0.4 is 16.0 Å². The highest BCUT2D eigenvalue weighted by Gasteiger charge is 2.14. The van der Waals surface area contributed by atoms with Crippen molar-refractivity contribution in [3.8, 4) is 0 Å². The first-order valence-corrected chi connectivity index (χ1v) is 10.7. The van der Waals surface area contributed by atoms with Crippen LogP contribution in [0.1, 0.15) is 22.4 Å². The Bertz CT molecular complexity index is 1240. The minimum Gasteiger partial charge on any atom is -0.370 e. The molecule has 0 bridgehead atoms. The minimum absolute atomic E-state index is 0.206. The Labute approximate surface area is 197 Å². The molecule has 1 aromatic heterocycles.